The van der Waals surface area contributed by atoms with Crippen LogP contribution in [0.5, 0.6) is 5.75 Å². The molecule has 6 heteroatoms. The molecule has 1 atom stereocenters. The molecule has 0 unspecified atom stereocenters. The predicted octanol–water partition coefficient (Wildman–Crippen LogP) is 5.47. The summed E-state index contributed by atoms with van der Waals surface area (Å²) in [5.74, 6) is 0.745. The quantitative estimate of drug-likeness (QED) is 0.457. The average Bonchev–Trinajstić information content (AvgIpc) is 3.31. The summed E-state index contributed by atoms with van der Waals surface area (Å²) in [5, 5.41) is 3.13. The predicted molar refractivity (Wildman–Crippen MR) is 135 cm³/mol. The third kappa shape index (κ3) is 7.32. The highest BCUT2D eigenvalue weighted by molar-refractivity contribution is 9.10. The number of nitrogens with zero attached hydrogens (tertiary/aromatic N) is 1. The summed E-state index contributed by atoms with van der Waals surface area (Å²) in [5.41, 5.74) is 2.33. The lowest BCUT2D eigenvalue weighted by Crippen LogP contribution is -2.51. The van der Waals surface area contributed by atoms with Crippen LogP contribution in [0, 0.1) is 0 Å². The Balaban J connectivity index is 1.67. The Morgan fingerprint density at radius 2 is 1.79 bits per heavy atom. The molecular formula is C27H35BrN2O3. The van der Waals surface area contributed by atoms with E-state index in [4.69, 9.17) is 4.74 Å². The minimum absolute atomic E-state index is 0.0919. The summed E-state index contributed by atoms with van der Waals surface area (Å²) >= 11 is 3.55. The lowest BCUT2D eigenvalue weighted by atomic mass is 10.0. The largest absolute Gasteiger partial charge is 0.483 e. The zero-order chi connectivity index (χ0) is 23.8. The van der Waals surface area contributed by atoms with Crippen LogP contribution in [0.25, 0.3) is 0 Å². The van der Waals surface area contributed by atoms with Crippen molar-refractivity contribution in [2.75, 3.05) is 13.2 Å². The fraction of sp³-hybridized carbons (Fsp3) is 0.481. The molecule has 0 radical (unpaired) electrons. The summed E-state index contributed by atoms with van der Waals surface area (Å²) in [6, 6.07) is 15.6. The molecule has 2 aromatic carbocycles. The zero-order valence-electron chi connectivity index (χ0n) is 19.9. The van der Waals surface area contributed by atoms with E-state index in [1.54, 1.807) is 11.8 Å². The second kappa shape index (κ2) is 12.2. The van der Waals surface area contributed by atoms with Gasteiger partial charge in [0.05, 0.1) is 4.47 Å². The number of benzene rings is 2. The van der Waals surface area contributed by atoms with Crippen molar-refractivity contribution in [2.24, 2.45) is 0 Å². The topological polar surface area (TPSA) is 58.6 Å². The molecule has 33 heavy (non-hydrogen) atoms. The van der Waals surface area contributed by atoms with E-state index in [1.165, 1.54) is 5.56 Å². The van der Waals surface area contributed by atoms with Crippen molar-refractivity contribution in [1.82, 2.24) is 10.2 Å². The molecule has 0 saturated heterocycles. The second-order valence-corrected chi connectivity index (χ2v) is 9.98. The Morgan fingerprint density at radius 1 is 1.09 bits per heavy atom. The van der Waals surface area contributed by atoms with Crippen LogP contribution in [0.15, 0.2) is 53.0 Å². The van der Waals surface area contributed by atoms with Crippen molar-refractivity contribution in [2.45, 2.75) is 70.9 Å². The van der Waals surface area contributed by atoms with Gasteiger partial charge in [-0.15, -0.1) is 0 Å². The van der Waals surface area contributed by atoms with Crippen molar-refractivity contribution in [3.63, 3.8) is 0 Å². The molecule has 0 bridgehead atoms. The molecule has 1 saturated carbocycles. The van der Waals surface area contributed by atoms with Gasteiger partial charge in [0.2, 0.25) is 5.91 Å². The molecule has 2 aromatic rings. The Labute approximate surface area is 206 Å². The Hall–Kier alpha value is -2.34. The first kappa shape index (κ1) is 25.3. The summed E-state index contributed by atoms with van der Waals surface area (Å²) in [6.07, 6.45) is 5.00. The Kier molecular flexibility index (Phi) is 9.36. The van der Waals surface area contributed by atoms with Gasteiger partial charge < -0.3 is 15.0 Å². The molecule has 1 aliphatic carbocycles. The maximum atomic E-state index is 13.2. The van der Waals surface area contributed by atoms with Crippen LogP contribution >= 0.6 is 15.9 Å². The standard InChI is InChI=1S/C27H35BrN2O3/c1-19(2)22-13-14-25(24(28)17-22)33-18-26(31)30(16-15-21-9-5-4-6-10-21)20(3)27(32)29-23-11-7-8-12-23/h4-6,9-10,13-14,17,19-20,23H,7-8,11-12,15-16,18H2,1-3H3,(H,29,32)/t20-/m0/s1. The number of halogens is 1. The zero-order valence-corrected chi connectivity index (χ0v) is 21.4. The number of ether oxygens (including phenoxy) is 1. The van der Waals surface area contributed by atoms with Crippen molar-refractivity contribution < 1.29 is 14.3 Å². The fourth-order valence-electron chi connectivity index (χ4n) is 4.18. The van der Waals surface area contributed by atoms with Crippen molar-refractivity contribution in [3.05, 3.63) is 64.1 Å². The van der Waals surface area contributed by atoms with E-state index >= 15 is 0 Å². The van der Waals surface area contributed by atoms with Crippen LogP contribution in [0.2, 0.25) is 0 Å². The van der Waals surface area contributed by atoms with Crippen molar-refractivity contribution in [1.29, 1.82) is 0 Å². The molecule has 0 aliphatic heterocycles. The van der Waals surface area contributed by atoms with Gasteiger partial charge in [-0.25, -0.2) is 0 Å². The number of carbonyl (C=O) groups is 2. The van der Waals surface area contributed by atoms with Gasteiger partial charge in [-0.3, -0.25) is 9.59 Å². The summed E-state index contributed by atoms with van der Waals surface area (Å²) in [6.45, 7) is 6.41. The average molecular weight is 515 g/mol. The molecule has 1 fully saturated rings. The molecular weight excluding hydrogens is 480 g/mol. The highest BCUT2D eigenvalue weighted by Gasteiger charge is 2.28. The fourth-order valence-corrected chi connectivity index (χ4v) is 4.69. The van der Waals surface area contributed by atoms with Gasteiger partial charge in [0.15, 0.2) is 6.61 Å². The summed E-state index contributed by atoms with van der Waals surface area (Å²) < 4.78 is 6.68. The van der Waals surface area contributed by atoms with Crippen molar-refractivity contribution in [3.8, 4) is 5.75 Å². The van der Waals surface area contributed by atoms with Crippen LogP contribution in [-0.4, -0.2) is 41.9 Å². The number of hydrogen-bond donors (Lipinski definition) is 1. The van der Waals surface area contributed by atoms with Gasteiger partial charge in [-0.1, -0.05) is 63.1 Å². The van der Waals surface area contributed by atoms with E-state index in [-0.39, 0.29) is 24.5 Å². The van der Waals surface area contributed by atoms with E-state index in [9.17, 15) is 9.59 Å². The van der Waals surface area contributed by atoms with E-state index in [2.05, 4.69) is 35.1 Å². The van der Waals surface area contributed by atoms with E-state index in [1.807, 2.05) is 48.5 Å². The normalized spacial score (nSPS) is 14.8. The molecule has 0 heterocycles. The lowest BCUT2D eigenvalue weighted by Gasteiger charge is -2.29. The van der Waals surface area contributed by atoms with Crippen LogP contribution in [0.4, 0.5) is 0 Å². The highest BCUT2D eigenvalue weighted by atomic mass is 79.9. The van der Waals surface area contributed by atoms with Gasteiger partial charge >= 0.3 is 0 Å². The van der Waals surface area contributed by atoms with E-state index in [0.29, 0.717) is 24.6 Å². The monoisotopic (exact) mass is 514 g/mol. The smallest absolute Gasteiger partial charge is 0.261 e. The molecule has 0 aromatic heterocycles. The Bertz CT molecular complexity index is 926. The first-order valence-corrected chi connectivity index (χ1v) is 12.7. The van der Waals surface area contributed by atoms with Gasteiger partial charge in [-0.05, 0) is 71.3 Å². The minimum Gasteiger partial charge on any atom is -0.483 e. The second-order valence-electron chi connectivity index (χ2n) is 9.12. The Morgan fingerprint density at radius 3 is 2.42 bits per heavy atom. The van der Waals surface area contributed by atoms with Gasteiger partial charge in [0.25, 0.3) is 5.91 Å². The number of nitrogens with one attached hydrogen (secondary N) is 1. The SMILES string of the molecule is CC(C)c1ccc(OCC(=O)N(CCc2ccccc2)[C@@H](C)C(=O)NC2CCCC2)c(Br)c1. The molecule has 178 valence electrons. The molecule has 3 rings (SSSR count). The van der Waals surface area contributed by atoms with Crippen LogP contribution in [-0.2, 0) is 16.0 Å². The lowest BCUT2D eigenvalue weighted by molar-refractivity contribution is -0.141. The number of rotatable bonds is 10. The van der Waals surface area contributed by atoms with E-state index in [0.717, 1.165) is 35.7 Å². The molecule has 1 N–H and O–H groups in total. The van der Waals surface area contributed by atoms with Gasteiger partial charge in [-0.2, -0.15) is 0 Å². The van der Waals surface area contributed by atoms with E-state index < -0.39 is 6.04 Å². The van der Waals surface area contributed by atoms with Crippen LogP contribution < -0.4 is 10.1 Å². The molecule has 0 spiro atoms. The van der Waals surface area contributed by atoms with Gasteiger partial charge in [0.1, 0.15) is 11.8 Å². The molecule has 5 nitrogen and oxygen atoms in total. The first-order chi connectivity index (χ1) is 15.8. The number of amides is 2. The van der Waals surface area contributed by atoms with Crippen molar-refractivity contribution >= 4 is 27.7 Å². The summed E-state index contributed by atoms with van der Waals surface area (Å²) in [4.78, 5) is 27.8. The number of hydrogen-bond acceptors (Lipinski definition) is 3. The van der Waals surface area contributed by atoms with Crippen LogP contribution in [0.1, 0.15) is 63.5 Å². The summed E-state index contributed by atoms with van der Waals surface area (Å²) in [7, 11) is 0. The minimum atomic E-state index is -0.558. The maximum Gasteiger partial charge on any atom is 0.261 e. The third-order valence-electron chi connectivity index (χ3n) is 6.33. The third-order valence-corrected chi connectivity index (χ3v) is 6.95. The van der Waals surface area contributed by atoms with Crippen LogP contribution in [0.3, 0.4) is 0 Å². The maximum absolute atomic E-state index is 13.2. The highest BCUT2D eigenvalue weighted by Crippen LogP contribution is 2.29. The first-order valence-electron chi connectivity index (χ1n) is 11.9. The molecule has 2 amide bonds. The number of carbonyl (C=O) groups excluding carboxylic acids is 2. The van der Waals surface area contributed by atoms with Gasteiger partial charge in [0, 0.05) is 12.6 Å². The molecule has 1 aliphatic rings.